The van der Waals surface area contributed by atoms with Crippen molar-refractivity contribution in [3.63, 3.8) is 0 Å². The quantitative estimate of drug-likeness (QED) is 0.801. The van der Waals surface area contributed by atoms with Crippen LogP contribution in [0.3, 0.4) is 0 Å². The van der Waals surface area contributed by atoms with Crippen molar-refractivity contribution in [1.82, 2.24) is 10.3 Å². The molecule has 0 spiro atoms. The molecule has 4 nitrogen and oxygen atoms in total. The van der Waals surface area contributed by atoms with Crippen molar-refractivity contribution in [1.29, 1.82) is 0 Å². The van der Waals surface area contributed by atoms with E-state index in [9.17, 15) is 0 Å². The minimum absolute atomic E-state index is 0.636. The lowest BCUT2D eigenvalue weighted by Crippen LogP contribution is -2.04. The Morgan fingerprint density at radius 1 is 1.50 bits per heavy atom. The Kier molecular flexibility index (Phi) is 2.37. The molecule has 0 fully saturated rings. The predicted molar refractivity (Wildman–Crippen MR) is 53.3 cm³/mol. The highest BCUT2D eigenvalue weighted by Crippen LogP contribution is 2.21. The fourth-order valence-electron chi connectivity index (χ4n) is 1.31. The second kappa shape index (κ2) is 3.67. The van der Waals surface area contributed by atoms with E-state index < -0.39 is 0 Å². The molecule has 2 aromatic rings. The molecule has 0 aliphatic heterocycles. The van der Waals surface area contributed by atoms with Crippen LogP contribution in [0.25, 0.3) is 11.1 Å². The van der Waals surface area contributed by atoms with Crippen molar-refractivity contribution in [3.05, 3.63) is 24.1 Å². The van der Waals surface area contributed by atoms with Gasteiger partial charge < -0.3 is 14.5 Å². The van der Waals surface area contributed by atoms with E-state index >= 15 is 0 Å². The molecule has 1 heterocycles. The molecule has 4 heteroatoms. The normalized spacial score (nSPS) is 10.7. The first kappa shape index (κ1) is 9.02. The minimum atomic E-state index is 0.636. The van der Waals surface area contributed by atoms with E-state index in [2.05, 4.69) is 10.3 Å². The molecule has 14 heavy (non-hydrogen) atoms. The third kappa shape index (κ3) is 1.56. The molecule has 0 saturated carbocycles. The Labute approximate surface area is 81.9 Å². The summed E-state index contributed by atoms with van der Waals surface area (Å²) in [7, 11) is 3.49. The lowest BCUT2D eigenvalue weighted by molar-refractivity contribution is 0.414. The van der Waals surface area contributed by atoms with Crippen LogP contribution in [0.4, 0.5) is 0 Å². The van der Waals surface area contributed by atoms with Gasteiger partial charge >= 0.3 is 0 Å². The summed E-state index contributed by atoms with van der Waals surface area (Å²) in [4.78, 5) is 4.29. The number of rotatable bonds is 3. The van der Waals surface area contributed by atoms with E-state index in [4.69, 9.17) is 9.15 Å². The van der Waals surface area contributed by atoms with E-state index in [1.165, 1.54) is 0 Å². The monoisotopic (exact) mass is 192 g/mol. The van der Waals surface area contributed by atoms with Gasteiger partial charge in [0.25, 0.3) is 0 Å². The Morgan fingerprint density at radius 3 is 3.07 bits per heavy atom. The van der Waals surface area contributed by atoms with Crippen LogP contribution < -0.4 is 10.1 Å². The Balaban J connectivity index is 2.43. The first-order valence-corrected chi connectivity index (χ1v) is 4.41. The highest BCUT2D eigenvalue weighted by Gasteiger charge is 2.05. The molecule has 0 unspecified atom stereocenters. The number of aromatic nitrogens is 1. The summed E-state index contributed by atoms with van der Waals surface area (Å²) >= 11 is 0. The maximum atomic E-state index is 5.50. The molecule has 74 valence electrons. The Bertz CT molecular complexity index is 437. The van der Waals surface area contributed by atoms with Crippen LogP contribution in [-0.4, -0.2) is 19.1 Å². The maximum Gasteiger partial charge on any atom is 0.209 e. The Morgan fingerprint density at radius 2 is 2.36 bits per heavy atom. The van der Waals surface area contributed by atoms with Crippen molar-refractivity contribution in [2.75, 3.05) is 14.2 Å². The van der Waals surface area contributed by atoms with Crippen LogP contribution in [-0.2, 0) is 6.54 Å². The zero-order valence-electron chi connectivity index (χ0n) is 8.20. The summed E-state index contributed by atoms with van der Waals surface area (Å²) in [5.74, 6) is 1.47. The number of hydrogen-bond donors (Lipinski definition) is 1. The van der Waals surface area contributed by atoms with Crippen LogP contribution in [0.5, 0.6) is 5.75 Å². The molecular weight excluding hydrogens is 180 g/mol. The van der Waals surface area contributed by atoms with Crippen LogP contribution in [0.15, 0.2) is 22.6 Å². The summed E-state index contributed by atoms with van der Waals surface area (Å²) in [6.07, 6.45) is 0. The van der Waals surface area contributed by atoms with Crippen molar-refractivity contribution in [2.24, 2.45) is 0 Å². The second-order valence-electron chi connectivity index (χ2n) is 2.97. The van der Waals surface area contributed by atoms with E-state index in [0.29, 0.717) is 12.4 Å². The number of fused-ring (bicyclic) bond motifs is 1. The molecule has 0 aliphatic rings. The molecule has 1 aromatic carbocycles. The van der Waals surface area contributed by atoms with Gasteiger partial charge in [-0.15, -0.1) is 0 Å². The molecule has 0 atom stereocenters. The smallest absolute Gasteiger partial charge is 0.209 e. The van der Waals surface area contributed by atoms with E-state index in [1.54, 1.807) is 7.11 Å². The molecule has 0 bridgehead atoms. The van der Waals surface area contributed by atoms with Crippen LogP contribution in [0.1, 0.15) is 5.89 Å². The third-order valence-electron chi connectivity index (χ3n) is 1.97. The molecule has 0 amide bonds. The van der Waals surface area contributed by atoms with Gasteiger partial charge in [0.05, 0.1) is 13.7 Å². The summed E-state index contributed by atoms with van der Waals surface area (Å²) < 4.78 is 10.6. The van der Waals surface area contributed by atoms with Crippen LogP contribution in [0.2, 0.25) is 0 Å². The van der Waals surface area contributed by atoms with Crippen molar-refractivity contribution < 1.29 is 9.15 Å². The number of oxazole rings is 1. The molecule has 2 rings (SSSR count). The van der Waals surface area contributed by atoms with Crippen molar-refractivity contribution >= 4 is 11.1 Å². The number of nitrogens with one attached hydrogen (secondary N) is 1. The maximum absolute atomic E-state index is 5.50. The summed E-state index contributed by atoms with van der Waals surface area (Å²) in [5.41, 5.74) is 1.62. The average molecular weight is 192 g/mol. The van der Waals surface area contributed by atoms with Crippen molar-refractivity contribution in [2.45, 2.75) is 6.54 Å². The Hall–Kier alpha value is -1.55. The summed E-state index contributed by atoms with van der Waals surface area (Å²) in [6, 6.07) is 5.59. The number of hydrogen-bond acceptors (Lipinski definition) is 4. The zero-order valence-corrected chi connectivity index (χ0v) is 8.20. The number of benzene rings is 1. The van der Waals surface area contributed by atoms with Gasteiger partial charge in [-0.1, -0.05) is 0 Å². The molecule has 1 aromatic heterocycles. The van der Waals surface area contributed by atoms with E-state index in [0.717, 1.165) is 16.8 Å². The summed E-state index contributed by atoms with van der Waals surface area (Å²) in [6.45, 7) is 0.636. The van der Waals surface area contributed by atoms with Crippen molar-refractivity contribution in [3.8, 4) is 5.75 Å². The SMILES string of the molecule is CNCc1nc2ccc(OC)cc2o1. The molecular formula is C10H12N2O2. The van der Waals surface area contributed by atoms with Gasteiger partial charge in [0.2, 0.25) is 5.89 Å². The van der Waals surface area contributed by atoms with E-state index in [-0.39, 0.29) is 0 Å². The molecule has 0 saturated heterocycles. The minimum Gasteiger partial charge on any atom is -0.497 e. The number of ether oxygens (including phenoxy) is 1. The topological polar surface area (TPSA) is 47.3 Å². The largest absolute Gasteiger partial charge is 0.497 e. The third-order valence-corrected chi connectivity index (χ3v) is 1.97. The number of nitrogens with zero attached hydrogens (tertiary/aromatic N) is 1. The lowest BCUT2D eigenvalue weighted by atomic mass is 10.3. The number of methoxy groups -OCH3 is 1. The molecule has 0 aliphatic carbocycles. The first-order valence-electron chi connectivity index (χ1n) is 4.41. The highest BCUT2D eigenvalue weighted by atomic mass is 16.5. The standard InChI is InChI=1S/C10H12N2O2/c1-11-6-10-12-8-4-3-7(13-2)5-9(8)14-10/h3-5,11H,6H2,1-2H3. The van der Waals surface area contributed by atoms with Gasteiger partial charge in [-0.3, -0.25) is 0 Å². The van der Waals surface area contributed by atoms with Gasteiger partial charge in [-0.05, 0) is 19.2 Å². The van der Waals surface area contributed by atoms with Gasteiger partial charge in [-0.25, -0.2) is 4.98 Å². The van der Waals surface area contributed by atoms with Crippen LogP contribution in [0, 0.1) is 0 Å². The van der Waals surface area contributed by atoms with Gasteiger partial charge in [0, 0.05) is 6.07 Å². The zero-order chi connectivity index (χ0) is 9.97. The first-order chi connectivity index (χ1) is 6.83. The van der Waals surface area contributed by atoms with Gasteiger partial charge in [0.1, 0.15) is 11.3 Å². The van der Waals surface area contributed by atoms with Gasteiger partial charge in [-0.2, -0.15) is 0 Å². The average Bonchev–Trinajstić information content (AvgIpc) is 2.59. The highest BCUT2D eigenvalue weighted by molar-refractivity contribution is 5.74. The van der Waals surface area contributed by atoms with Crippen LogP contribution >= 0.6 is 0 Å². The fraction of sp³-hybridized carbons (Fsp3) is 0.300. The van der Waals surface area contributed by atoms with Gasteiger partial charge in [0.15, 0.2) is 5.58 Å². The predicted octanol–water partition coefficient (Wildman–Crippen LogP) is 1.56. The molecule has 1 N–H and O–H groups in total. The lowest BCUT2D eigenvalue weighted by Gasteiger charge is -1.95. The second-order valence-corrected chi connectivity index (χ2v) is 2.97. The summed E-state index contributed by atoms with van der Waals surface area (Å²) in [5, 5.41) is 2.99. The van der Waals surface area contributed by atoms with E-state index in [1.807, 2.05) is 25.2 Å². The fourth-order valence-corrected chi connectivity index (χ4v) is 1.31. The molecule has 0 radical (unpaired) electrons.